The number of allylic oxidation sites excluding steroid dienone is 3. The molecular weight excluding hydrogens is 270 g/mol. The normalized spacial score (nSPS) is 13.0. The molecule has 21 heavy (non-hydrogen) atoms. The van der Waals surface area contributed by atoms with Crippen molar-refractivity contribution in [2.24, 2.45) is 5.92 Å². The maximum absolute atomic E-state index is 12.2. The molecule has 0 aliphatic carbocycles. The molecular formula is C16H19NO4. The summed E-state index contributed by atoms with van der Waals surface area (Å²) in [5.74, 6) is -0.252. The molecule has 0 heterocycles. The molecule has 1 atom stereocenters. The lowest BCUT2D eigenvalue weighted by molar-refractivity contribution is -0.124. The van der Waals surface area contributed by atoms with Gasteiger partial charge in [0, 0.05) is 17.6 Å². The van der Waals surface area contributed by atoms with Crippen LogP contribution in [0.2, 0.25) is 0 Å². The van der Waals surface area contributed by atoms with Crippen LogP contribution in [0.25, 0.3) is 0 Å². The first-order valence-corrected chi connectivity index (χ1v) is 6.46. The van der Waals surface area contributed by atoms with Crippen molar-refractivity contribution in [1.29, 1.82) is 0 Å². The number of amides is 1. The highest BCUT2D eigenvalue weighted by Crippen LogP contribution is 2.16. The molecule has 0 unspecified atom stereocenters. The average molecular weight is 289 g/mol. The second-order valence-electron chi connectivity index (χ2n) is 4.60. The fourth-order valence-corrected chi connectivity index (χ4v) is 1.79. The van der Waals surface area contributed by atoms with Crippen molar-refractivity contribution in [3.8, 4) is 5.75 Å². The van der Waals surface area contributed by atoms with Crippen molar-refractivity contribution in [2.75, 3.05) is 7.11 Å². The molecule has 0 saturated carbocycles. The molecule has 0 fully saturated rings. The number of hydroxylamine groups is 1. The second-order valence-corrected chi connectivity index (χ2v) is 4.60. The van der Waals surface area contributed by atoms with Gasteiger partial charge in [0.2, 0.25) is 0 Å². The van der Waals surface area contributed by atoms with Crippen molar-refractivity contribution in [1.82, 2.24) is 5.48 Å². The quantitative estimate of drug-likeness (QED) is 0.277. The smallest absolute Gasteiger partial charge is 0.267 e. The summed E-state index contributed by atoms with van der Waals surface area (Å²) in [6.45, 7) is 3.56. The summed E-state index contributed by atoms with van der Waals surface area (Å²) < 4.78 is 5.05. The van der Waals surface area contributed by atoms with Crippen molar-refractivity contribution < 1.29 is 19.5 Å². The van der Waals surface area contributed by atoms with Crippen molar-refractivity contribution in [2.45, 2.75) is 13.8 Å². The van der Waals surface area contributed by atoms with E-state index in [0.717, 1.165) is 5.57 Å². The Bertz CT molecular complexity index is 558. The standard InChI is InChI=1S/C16H19NO4/c1-11(4-9-15(18)17-20)10-12(2)16(19)13-5-7-14(21-3)8-6-13/h4-10,12,20H,1-3H3,(H,17,18)/b9-4+,11-10+/t12-/m1/s1. The Hall–Kier alpha value is -2.40. The predicted octanol–water partition coefficient (Wildman–Crippen LogP) is 2.52. The fraction of sp³-hybridized carbons (Fsp3) is 0.250. The van der Waals surface area contributed by atoms with Gasteiger partial charge in [-0.1, -0.05) is 24.6 Å². The molecule has 0 radical (unpaired) electrons. The third-order valence-electron chi connectivity index (χ3n) is 2.91. The minimum atomic E-state index is -0.614. The van der Waals surface area contributed by atoms with E-state index in [1.165, 1.54) is 17.6 Å². The number of carbonyl (C=O) groups excluding carboxylic acids is 2. The Morgan fingerprint density at radius 3 is 2.38 bits per heavy atom. The Kier molecular flexibility index (Phi) is 6.36. The minimum absolute atomic E-state index is 0.0167. The Balaban J connectivity index is 2.77. The molecule has 0 spiro atoms. The van der Waals surface area contributed by atoms with E-state index in [4.69, 9.17) is 9.94 Å². The molecule has 0 saturated heterocycles. The van der Waals surface area contributed by atoms with Crippen LogP contribution in [0.3, 0.4) is 0 Å². The van der Waals surface area contributed by atoms with Gasteiger partial charge in [0.25, 0.3) is 5.91 Å². The number of nitrogens with one attached hydrogen (secondary N) is 1. The maximum atomic E-state index is 12.2. The molecule has 0 aromatic heterocycles. The molecule has 5 nitrogen and oxygen atoms in total. The van der Waals surface area contributed by atoms with E-state index in [1.54, 1.807) is 51.3 Å². The summed E-state index contributed by atoms with van der Waals surface area (Å²) in [4.78, 5) is 23.1. The number of hydrogen-bond donors (Lipinski definition) is 2. The van der Waals surface area contributed by atoms with Crippen LogP contribution < -0.4 is 10.2 Å². The van der Waals surface area contributed by atoms with Crippen molar-refractivity contribution >= 4 is 11.7 Å². The third kappa shape index (κ3) is 5.24. The van der Waals surface area contributed by atoms with Gasteiger partial charge < -0.3 is 4.74 Å². The maximum Gasteiger partial charge on any atom is 0.267 e. The van der Waals surface area contributed by atoms with E-state index in [2.05, 4.69) is 0 Å². The Morgan fingerprint density at radius 2 is 1.86 bits per heavy atom. The molecule has 5 heteroatoms. The van der Waals surface area contributed by atoms with Crippen LogP contribution in [0.15, 0.2) is 48.1 Å². The van der Waals surface area contributed by atoms with Crippen LogP contribution >= 0.6 is 0 Å². The number of ether oxygens (including phenoxy) is 1. The highest BCUT2D eigenvalue weighted by molar-refractivity contribution is 5.98. The summed E-state index contributed by atoms with van der Waals surface area (Å²) in [5.41, 5.74) is 2.86. The molecule has 0 aliphatic heterocycles. The number of rotatable bonds is 6. The monoisotopic (exact) mass is 289 g/mol. The Labute approximate surface area is 123 Å². The van der Waals surface area contributed by atoms with Crippen LogP contribution in [0.1, 0.15) is 24.2 Å². The van der Waals surface area contributed by atoms with E-state index in [9.17, 15) is 9.59 Å². The van der Waals surface area contributed by atoms with Gasteiger partial charge in [-0.2, -0.15) is 0 Å². The van der Waals surface area contributed by atoms with Gasteiger partial charge in [-0.25, -0.2) is 5.48 Å². The molecule has 1 aromatic rings. The van der Waals surface area contributed by atoms with Gasteiger partial charge in [0.1, 0.15) is 5.75 Å². The van der Waals surface area contributed by atoms with Crippen LogP contribution in [0.4, 0.5) is 0 Å². The lowest BCUT2D eigenvalue weighted by atomic mass is 9.97. The molecule has 0 bridgehead atoms. The molecule has 0 aliphatic rings. The van der Waals surface area contributed by atoms with Gasteiger partial charge in [0.15, 0.2) is 5.78 Å². The molecule has 112 valence electrons. The number of ketones is 1. The average Bonchev–Trinajstić information content (AvgIpc) is 2.51. The Morgan fingerprint density at radius 1 is 1.24 bits per heavy atom. The summed E-state index contributed by atoms with van der Waals surface area (Å²) in [5, 5.41) is 8.37. The zero-order valence-electron chi connectivity index (χ0n) is 12.3. The van der Waals surface area contributed by atoms with E-state index >= 15 is 0 Å². The van der Waals surface area contributed by atoms with Gasteiger partial charge >= 0.3 is 0 Å². The first kappa shape index (κ1) is 16.7. The molecule has 1 rings (SSSR count). The van der Waals surface area contributed by atoms with E-state index in [0.29, 0.717) is 11.3 Å². The topological polar surface area (TPSA) is 75.6 Å². The highest BCUT2D eigenvalue weighted by Gasteiger charge is 2.12. The van der Waals surface area contributed by atoms with Gasteiger partial charge in [-0.05, 0) is 31.2 Å². The SMILES string of the molecule is COc1ccc(C(=O)[C@H](C)/C=C(C)/C=C/C(=O)NO)cc1. The molecule has 1 aromatic carbocycles. The summed E-state index contributed by atoms with van der Waals surface area (Å²) in [7, 11) is 1.57. The van der Waals surface area contributed by atoms with E-state index in [1.807, 2.05) is 0 Å². The second kappa shape index (κ2) is 8.01. The number of Topliss-reactive ketones (excluding diaryl/α,β-unsaturated/α-hetero) is 1. The summed E-state index contributed by atoms with van der Waals surface area (Å²) in [6.07, 6.45) is 4.48. The van der Waals surface area contributed by atoms with E-state index in [-0.39, 0.29) is 11.7 Å². The number of carbonyl (C=O) groups is 2. The van der Waals surface area contributed by atoms with Crippen LogP contribution in [-0.4, -0.2) is 24.0 Å². The van der Waals surface area contributed by atoms with Crippen LogP contribution in [-0.2, 0) is 4.79 Å². The number of hydrogen-bond acceptors (Lipinski definition) is 4. The highest BCUT2D eigenvalue weighted by atomic mass is 16.5. The van der Waals surface area contributed by atoms with Crippen LogP contribution in [0.5, 0.6) is 5.75 Å². The predicted molar refractivity (Wildman–Crippen MR) is 79.3 cm³/mol. The van der Waals surface area contributed by atoms with Gasteiger partial charge in [-0.15, -0.1) is 0 Å². The molecule has 1 amide bonds. The van der Waals surface area contributed by atoms with Crippen molar-refractivity contribution in [3.05, 3.63) is 53.6 Å². The zero-order valence-corrected chi connectivity index (χ0v) is 12.3. The summed E-state index contributed by atoms with van der Waals surface area (Å²) >= 11 is 0. The largest absolute Gasteiger partial charge is 0.497 e. The zero-order chi connectivity index (χ0) is 15.8. The third-order valence-corrected chi connectivity index (χ3v) is 2.91. The molecule has 2 N–H and O–H groups in total. The van der Waals surface area contributed by atoms with Gasteiger partial charge in [0.05, 0.1) is 7.11 Å². The van der Waals surface area contributed by atoms with Crippen LogP contribution in [0, 0.1) is 5.92 Å². The van der Waals surface area contributed by atoms with Crippen molar-refractivity contribution in [3.63, 3.8) is 0 Å². The summed E-state index contributed by atoms with van der Waals surface area (Å²) in [6, 6.07) is 6.91. The number of methoxy groups -OCH3 is 1. The minimum Gasteiger partial charge on any atom is -0.497 e. The fourth-order valence-electron chi connectivity index (χ4n) is 1.79. The first-order valence-electron chi connectivity index (χ1n) is 6.46. The lowest BCUT2D eigenvalue weighted by Crippen LogP contribution is -2.15. The van der Waals surface area contributed by atoms with Gasteiger partial charge in [-0.3, -0.25) is 14.8 Å². The first-order chi connectivity index (χ1) is 9.97. The lowest BCUT2D eigenvalue weighted by Gasteiger charge is -2.07. The number of benzene rings is 1. The van der Waals surface area contributed by atoms with E-state index < -0.39 is 5.91 Å².